The summed E-state index contributed by atoms with van der Waals surface area (Å²) in [6.45, 7) is 8.29. The van der Waals surface area contributed by atoms with Gasteiger partial charge in [-0.25, -0.2) is 0 Å². The molecule has 17 heavy (non-hydrogen) atoms. The number of thiol groups is 1. The van der Waals surface area contributed by atoms with Crippen LogP contribution >= 0.6 is 12.6 Å². The standard InChI is InChI=1S/C15H23NS/c1-12(2)14-6-8-16(9-7-14)11-13-4-3-5-15(17)10-13/h3-5,10,12,14,17H,6-9,11H2,1-2H3. The summed E-state index contributed by atoms with van der Waals surface area (Å²) in [7, 11) is 0. The Kier molecular flexibility index (Phi) is 4.52. The van der Waals surface area contributed by atoms with Crippen molar-refractivity contribution in [3.8, 4) is 0 Å². The van der Waals surface area contributed by atoms with Crippen molar-refractivity contribution >= 4 is 12.6 Å². The molecule has 0 aliphatic carbocycles. The Morgan fingerprint density at radius 3 is 2.59 bits per heavy atom. The third-order valence-electron chi connectivity index (χ3n) is 3.89. The maximum absolute atomic E-state index is 4.39. The van der Waals surface area contributed by atoms with Gasteiger partial charge in [-0.15, -0.1) is 12.6 Å². The van der Waals surface area contributed by atoms with E-state index in [0.717, 1.165) is 23.3 Å². The highest BCUT2D eigenvalue weighted by atomic mass is 32.1. The molecule has 94 valence electrons. The molecule has 0 N–H and O–H groups in total. The number of benzene rings is 1. The summed E-state index contributed by atoms with van der Waals surface area (Å²) in [5.41, 5.74) is 1.39. The van der Waals surface area contributed by atoms with Gasteiger partial charge >= 0.3 is 0 Å². The Hall–Kier alpha value is -0.470. The van der Waals surface area contributed by atoms with Crippen molar-refractivity contribution in [3.05, 3.63) is 29.8 Å². The average Bonchev–Trinajstić information content (AvgIpc) is 2.29. The van der Waals surface area contributed by atoms with Crippen molar-refractivity contribution in [2.45, 2.75) is 38.1 Å². The third-order valence-corrected chi connectivity index (χ3v) is 4.17. The molecule has 1 nitrogen and oxygen atoms in total. The average molecular weight is 249 g/mol. The van der Waals surface area contributed by atoms with E-state index in [2.05, 4.69) is 49.6 Å². The molecule has 1 heterocycles. The van der Waals surface area contributed by atoms with E-state index >= 15 is 0 Å². The lowest BCUT2D eigenvalue weighted by Crippen LogP contribution is -2.34. The fourth-order valence-electron chi connectivity index (χ4n) is 2.69. The van der Waals surface area contributed by atoms with Gasteiger partial charge in [0.2, 0.25) is 0 Å². The van der Waals surface area contributed by atoms with E-state index in [1.165, 1.54) is 31.5 Å². The van der Waals surface area contributed by atoms with E-state index in [4.69, 9.17) is 0 Å². The van der Waals surface area contributed by atoms with Gasteiger partial charge in [0.1, 0.15) is 0 Å². The van der Waals surface area contributed by atoms with Gasteiger partial charge in [0, 0.05) is 11.4 Å². The summed E-state index contributed by atoms with van der Waals surface area (Å²) < 4.78 is 0. The van der Waals surface area contributed by atoms with E-state index in [1.807, 2.05) is 6.07 Å². The lowest BCUT2D eigenvalue weighted by molar-refractivity contribution is 0.152. The Labute approximate surface area is 111 Å². The molecule has 2 rings (SSSR count). The Morgan fingerprint density at radius 2 is 2.00 bits per heavy atom. The van der Waals surface area contributed by atoms with Crippen LogP contribution in [0.5, 0.6) is 0 Å². The van der Waals surface area contributed by atoms with Crippen LogP contribution in [0.3, 0.4) is 0 Å². The number of hydrogen-bond donors (Lipinski definition) is 1. The number of rotatable bonds is 3. The van der Waals surface area contributed by atoms with Crippen LogP contribution < -0.4 is 0 Å². The molecule has 1 aromatic carbocycles. The van der Waals surface area contributed by atoms with Gasteiger partial charge in [-0.1, -0.05) is 26.0 Å². The normalized spacial score (nSPS) is 18.8. The first-order valence-electron chi connectivity index (χ1n) is 6.65. The largest absolute Gasteiger partial charge is 0.299 e. The second kappa shape index (κ2) is 5.92. The molecule has 1 saturated heterocycles. The fraction of sp³-hybridized carbons (Fsp3) is 0.600. The van der Waals surface area contributed by atoms with Crippen molar-refractivity contribution in [2.75, 3.05) is 13.1 Å². The zero-order chi connectivity index (χ0) is 12.3. The highest BCUT2D eigenvalue weighted by Crippen LogP contribution is 2.25. The predicted molar refractivity (Wildman–Crippen MR) is 76.5 cm³/mol. The van der Waals surface area contributed by atoms with E-state index in [9.17, 15) is 0 Å². The van der Waals surface area contributed by atoms with Crippen LogP contribution in [0.2, 0.25) is 0 Å². The summed E-state index contributed by atoms with van der Waals surface area (Å²) in [4.78, 5) is 3.64. The van der Waals surface area contributed by atoms with Gasteiger partial charge in [0.15, 0.2) is 0 Å². The molecule has 1 aliphatic rings. The highest BCUT2D eigenvalue weighted by Gasteiger charge is 2.21. The minimum atomic E-state index is 0.845. The van der Waals surface area contributed by atoms with Crippen molar-refractivity contribution in [1.82, 2.24) is 4.90 Å². The maximum Gasteiger partial charge on any atom is 0.0234 e. The molecule has 0 unspecified atom stereocenters. The Bertz CT molecular complexity index is 354. The van der Waals surface area contributed by atoms with Crippen molar-refractivity contribution in [1.29, 1.82) is 0 Å². The van der Waals surface area contributed by atoms with Crippen molar-refractivity contribution in [2.24, 2.45) is 11.8 Å². The third kappa shape index (κ3) is 3.75. The molecule has 2 heteroatoms. The van der Waals surface area contributed by atoms with Crippen LogP contribution in [0.15, 0.2) is 29.2 Å². The zero-order valence-corrected chi connectivity index (χ0v) is 11.8. The summed E-state index contributed by atoms with van der Waals surface area (Å²) in [5.74, 6) is 1.78. The lowest BCUT2D eigenvalue weighted by atomic mass is 9.86. The second-order valence-corrected chi connectivity index (χ2v) is 6.04. The molecule has 0 saturated carbocycles. The summed E-state index contributed by atoms with van der Waals surface area (Å²) >= 11 is 4.39. The lowest BCUT2D eigenvalue weighted by Gasteiger charge is -2.33. The second-order valence-electron chi connectivity index (χ2n) is 5.53. The fourth-order valence-corrected chi connectivity index (χ4v) is 2.94. The molecule has 0 amide bonds. The monoisotopic (exact) mass is 249 g/mol. The highest BCUT2D eigenvalue weighted by molar-refractivity contribution is 7.80. The van der Waals surface area contributed by atoms with E-state index in [1.54, 1.807) is 0 Å². The zero-order valence-electron chi connectivity index (χ0n) is 10.9. The Balaban J connectivity index is 1.86. The first-order chi connectivity index (χ1) is 8.15. The van der Waals surface area contributed by atoms with Crippen LogP contribution in [0, 0.1) is 11.8 Å². The first-order valence-corrected chi connectivity index (χ1v) is 7.10. The van der Waals surface area contributed by atoms with Gasteiger partial charge in [0.05, 0.1) is 0 Å². The van der Waals surface area contributed by atoms with Crippen LogP contribution in [0.1, 0.15) is 32.3 Å². The van der Waals surface area contributed by atoms with Crippen LogP contribution in [-0.2, 0) is 6.54 Å². The van der Waals surface area contributed by atoms with Gasteiger partial charge in [0.25, 0.3) is 0 Å². The molecule has 0 aromatic heterocycles. The van der Waals surface area contributed by atoms with Crippen LogP contribution in [-0.4, -0.2) is 18.0 Å². The maximum atomic E-state index is 4.39. The first kappa shape index (κ1) is 13.0. The van der Waals surface area contributed by atoms with Gasteiger partial charge in [-0.3, -0.25) is 4.90 Å². The molecule has 0 atom stereocenters. The molecule has 0 bridgehead atoms. The minimum Gasteiger partial charge on any atom is -0.299 e. The van der Waals surface area contributed by atoms with E-state index < -0.39 is 0 Å². The molecule has 1 aromatic rings. The molecule has 1 fully saturated rings. The van der Waals surface area contributed by atoms with Gasteiger partial charge in [-0.2, -0.15) is 0 Å². The van der Waals surface area contributed by atoms with E-state index in [-0.39, 0.29) is 0 Å². The van der Waals surface area contributed by atoms with Gasteiger partial charge < -0.3 is 0 Å². The number of piperidine rings is 1. The summed E-state index contributed by atoms with van der Waals surface area (Å²) in [6, 6.07) is 8.52. The smallest absolute Gasteiger partial charge is 0.0234 e. The van der Waals surface area contributed by atoms with Gasteiger partial charge in [-0.05, 0) is 55.5 Å². The van der Waals surface area contributed by atoms with E-state index in [0.29, 0.717) is 0 Å². The summed E-state index contributed by atoms with van der Waals surface area (Å²) in [6.07, 6.45) is 2.72. The molecule has 0 spiro atoms. The number of likely N-dealkylation sites (tertiary alicyclic amines) is 1. The van der Waals surface area contributed by atoms with Crippen LogP contribution in [0.25, 0.3) is 0 Å². The van der Waals surface area contributed by atoms with Crippen LogP contribution in [0.4, 0.5) is 0 Å². The minimum absolute atomic E-state index is 0.845. The number of nitrogens with zero attached hydrogens (tertiary/aromatic N) is 1. The molecule has 1 aliphatic heterocycles. The predicted octanol–water partition coefficient (Wildman–Crippen LogP) is 3.84. The molecular formula is C15H23NS. The summed E-state index contributed by atoms with van der Waals surface area (Å²) in [5, 5.41) is 0. The SMILES string of the molecule is CC(C)C1CCN(Cc2cccc(S)c2)CC1. The number of hydrogen-bond acceptors (Lipinski definition) is 2. The quantitative estimate of drug-likeness (QED) is 0.797. The Morgan fingerprint density at radius 1 is 1.29 bits per heavy atom. The molecule has 0 radical (unpaired) electrons. The van der Waals surface area contributed by atoms with Crippen molar-refractivity contribution < 1.29 is 0 Å². The topological polar surface area (TPSA) is 3.24 Å². The molecular weight excluding hydrogens is 226 g/mol. The van der Waals surface area contributed by atoms with Crippen molar-refractivity contribution in [3.63, 3.8) is 0 Å².